The lowest BCUT2D eigenvalue weighted by Crippen LogP contribution is -2.39. The Morgan fingerprint density at radius 2 is 1.95 bits per heavy atom. The van der Waals surface area contributed by atoms with E-state index in [4.69, 9.17) is 4.74 Å². The number of ether oxygens (including phenoxy) is 1. The molecule has 1 saturated carbocycles. The van der Waals surface area contributed by atoms with Gasteiger partial charge in [0.25, 0.3) is 0 Å². The summed E-state index contributed by atoms with van der Waals surface area (Å²) in [4.78, 5) is 4.59. The molecule has 1 aromatic rings. The van der Waals surface area contributed by atoms with E-state index in [-0.39, 0.29) is 0 Å². The fourth-order valence-electron chi connectivity index (χ4n) is 2.21. The first-order chi connectivity index (χ1) is 10.2. The highest BCUT2D eigenvalue weighted by atomic mass is 16.5. The Balaban J connectivity index is 1.75. The molecule has 1 aromatic carbocycles. The average molecular weight is 289 g/mol. The molecule has 0 aromatic heterocycles. The second-order valence-electron chi connectivity index (χ2n) is 5.66. The smallest absolute Gasteiger partial charge is 0.191 e. The SMILES string of the molecule is CCNC(=NCC1CC1)NCCOc1c(C)cccc1C. The average Bonchev–Trinajstić information content (AvgIpc) is 3.27. The fraction of sp³-hybridized carbons (Fsp3) is 0.588. The van der Waals surface area contributed by atoms with Gasteiger partial charge in [-0.25, -0.2) is 0 Å². The highest BCUT2D eigenvalue weighted by Crippen LogP contribution is 2.28. The van der Waals surface area contributed by atoms with Gasteiger partial charge in [-0.3, -0.25) is 4.99 Å². The molecule has 0 heterocycles. The summed E-state index contributed by atoms with van der Waals surface area (Å²) in [6.45, 7) is 9.46. The van der Waals surface area contributed by atoms with E-state index in [1.54, 1.807) is 0 Å². The molecular formula is C17H27N3O. The maximum Gasteiger partial charge on any atom is 0.191 e. The summed E-state index contributed by atoms with van der Waals surface area (Å²) in [7, 11) is 0. The quantitative estimate of drug-likeness (QED) is 0.461. The normalized spacial score (nSPS) is 14.9. The molecule has 4 nitrogen and oxygen atoms in total. The van der Waals surface area contributed by atoms with Gasteiger partial charge in [0.15, 0.2) is 5.96 Å². The van der Waals surface area contributed by atoms with Crippen LogP contribution in [-0.2, 0) is 0 Å². The molecule has 116 valence electrons. The van der Waals surface area contributed by atoms with E-state index in [0.717, 1.165) is 37.3 Å². The first-order valence-corrected chi connectivity index (χ1v) is 7.92. The van der Waals surface area contributed by atoms with Gasteiger partial charge in [0.1, 0.15) is 12.4 Å². The van der Waals surface area contributed by atoms with Crippen LogP contribution >= 0.6 is 0 Å². The summed E-state index contributed by atoms with van der Waals surface area (Å²) in [6.07, 6.45) is 2.66. The summed E-state index contributed by atoms with van der Waals surface area (Å²) in [5, 5.41) is 6.60. The Morgan fingerprint density at radius 1 is 1.24 bits per heavy atom. The number of hydrogen-bond acceptors (Lipinski definition) is 2. The number of rotatable bonds is 7. The molecule has 1 aliphatic rings. The van der Waals surface area contributed by atoms with E-state index >= 15 is 0 Å². The van der Waals surface area contributed by atoms with E-state index in [9.17, 15) is 0 Å². The van der Waals surface area contributed by atoms with Crippen LogP contribution < -0.4 is 15.4 Å². The van der Waals surface area contributed by atoms with Gasteiger partial charge in [0, 0.05) is 13.1 Å². The van der Waals surface area contributed by atoms with Crippen molar-refractivity contribution >= 4 is 5.96 Å². The van der Waals surface area contributed by atoms with Gasteiger partial charge in [-0.05, 0) is 50.7 Å². The molecule has 2 N–H and O–H groups in total. The van der Waals surface area contributed by atoms with Crippen LogP contribution in [0.4, 0.5) is 0 Å². The minimum absolute atomic E-state index is 0.638. The predicted molar refractivity (Wildman–Crippen MR) is 88.1 cm³/mol. The molecule has 0 spiro atoms. The molecule has 0 unspecified atom stereocenters. The zero-order valence-corrected chi connectivity index (χ0v) is 13.4. The number of aliphatic imine (C=N–C) groups is 1. The number of hydrogen-bond donors (Lipinski definition) is 2. The summed E-state index contributed by atoms with van der Waals surface area (Å²) in [6, 6.07) is 6.22. The third-order valence-corrected chi connectivity index (χ3v) is 3.60. The Hall–Kier alpha value is -1.71. The molecule has 4 heteroatoms. The second-order valence-corrected chi connectivity index (χ2v) is 5.66. The van der Waals surface area contributed by atoms with Crippen LogP contribution in [0.5, 0.6) is 5.75 Å². The maximum atomic E-state index is 5.89. The van der Waals surface area contributed by atoms with Gasteiger partial charge >= 0.3 is 0 Å². The van der Waals surface area contributed by atoms with Crippen LogP contribution in [0.2, 0.25) is 0 Å². The lowest BCUT2D eigenvalue weighted by atomic mass is 10.1. The topological polar surface area (TPSA) is 45.7 Å². The van der Waals surface area contributed by atoms with E-state index < -0.39 is 0 Å². The van der Waals surface area contributed by atoms with Crippen LogP contribution in [0.25, 0.3) is 0 Å². The Morgan fingerprint density at radius 3 is 2.57 bits per heavy atom. The third kappa shape index (κ3) is 5.29. The van der Waals surface area contributed by atoms with Crippen molar-refractivity contribution in [1.82, 2.24) is 10.6 Å². The van der Waals surface area contributed by atoms with Crippen LogP contribution in [0.3, 0.4) is 0 Å². The summed E-state index contributed by atoms with van der Waals surface area (Å²) in [5.74, 6) is 2.71. The molecule has 0 radical (unpaired) electrons. The van der Waals surface area contributed by atoms with E-state index in [0.29, 0.717) is 6.61 Å². The zero-order chi connectivity index (χ0) is 15.1. The summed E-state index contributed by atoms with van der Waals surface area (Å²) >= 11 is 0. The molecule has 1 fully saturated rings. The van der Waals surface area contributed by atoms with Gasteiger partial charge in [-0.2, -0.15) is 0 Å². The molecule has 0 bridgehead atoms. The lowest BCUT2D eigenvalue weighted by Gasteiger charge is -2.14. The Kier molecular flexibility index (Phi) is 5.90. The molecular weight excluding hydrogens is 262 g/mol. The van der Waals surface area contributed by atoms with Crippen molar-refractivity contribution in [2.24, 2.45) is 10.9 Å². The zero-order valence-electron chi connectivity index (χ0n) is 13.4. The molecule has 0 aliphatic heterocycles. The first kappa shape index (κ1) is 15.7. The number of nitrogens with one attached hydrogen (secondary N) is 2. The lowest BCUT2D eigenvalue weighted by molar-refractivity contribution is 0.317. The van der Waals surface area contributed by atoms with Gasteiger partial charge in [-0.15, -0.1) is 0 Å². The highest BCUT2D eigenvalue weighted by Gasteiger charge is 2.20. The van der Waals surface area contributed by atoms with Crippen LogP contribution in [0.15, 0.2) is 23.2 Å². The third-order valence-electron chi connectivity index (χ3n) is 3.60. The number of guanidine groups is 1. The van der Waals surface area contributed by atoms with Crippen molar-refractivity contribution in [3.8, 4) is 5.75 Å². The Bertz CT molecular complexity index is 461. The first-order valence-electron chi connectivity index (χ1n) is 7.92. The monoisotopic (exact) mass is 289 g/mol. The standard InChI is InChI=1S/C17H27N3O/c1-4-18-17(20-12-15-8-9-15)19-10-11-21-16-13(2)6-5-7-14(16)3/h5-7,15H,4,8-12H2,1-3H3,(H2,18,19,20). The van der Waals surface area contributed by atoms with Crippen molar-refractivity contribution in [2.45, 2.75) is 33.6 Å². The molecule has 0 atom stereocenters. The second kappa shape index (κ2) is 7.91. The number of aryl methyl sites for hydroxylation is 2. The largest absolute Gasteiger partial charge is 0.491 e. The van der Waals surface area contributed by atoms with Crippen molar-refractivity contribution < 1.29 is 4.74 Å². The minimum atomic E-state index is 0.638. The summed E-state index contributed by atoms with van der Waals surface area (Å²) in [5.41, 5.74) is 2.37. The molecule has 0 amide bonds. The van der Waals surface area contributed by atoms with Crippen molar-refractivity contribution in [1.29, 1.82) is 0 Å². The highest BCUT2D eigenvalue weighted by molar-refractivity contribution is 5.79. The molecule has 2 rings (SSSR count). The van der Waals surface area contributed by atoms with Crippen molar-refractivity contribution in [2.75, 3.05) is 26.2 Å². The minimum Gasteiger partial charge on any atom is -0.491 e. The van der Waals surface area contributed by atoms with Crippen molar-refractivity contribution in [3.63, 3.8) is 0 Å². The van der Waals surface area contributed by atoms with Gasteiger partial charge in [0.2, 0.25) is 0 Å². The van der Waals surface area contributed by atoms with Crippen molar-refractivity contribution in [3.05, 3.63) is 29.3 Å². The number of nitrogens with zero attached hydrogens (tertiary/aromatic N) is 1. The predicted octanol–water partition coefficient (Wildman–Crippen LogP) is 2.65. The summed E-state index contributed by atoms with van der Waals surface area (Å²) < 4.78 is 5.89. The fourth-order valence-corrected chi connectivity index (χ4v) is 2.21. The van der Waals surface area contributed by atoms with E-state index in [2.05, 4.69) is 54.6 Å². The van der Waals surface area contributed by atoms with Gasteiger partial charge in [-0.1, -0.05) is 18.2 Å². The molecule has 1 aliphatic carbocycles. The van der Waals surface area contributed by atoms with E-state index in [1.165, 1.54) is 24.0 Å². The van der Waals surface area contributed by atoms with Gasteiger partial charge < -0.3 is 15.4 Å². The van der Waals surface area contributed by atoms with Gasteiger partial charge in [0.05, 0.1) is 6.54 Å². The van der Waals surface area contributed by atoms with Crippen LogP contribution in [0.1, 0.15) is 30.9 Å². The number of para-hydroxylation sites is 1. The number of benzene rings is 1. The van der Waals surface area contributed by atoms with Crippen LogP contribution in [0, 0.1) is 19.8 Å². The molecule has 0 saturated heterocycles. The Labute approximate surface area is 128 Å². The molecule has 21 heavy (non-hydrogen) atoms. The van der Waals surface area contributed by atoms with E-state index in [1.807, 2.05) is 0 Å². The maximum absolute atomic E-state index is 5.89. The van der Waals surface area contributed by atoms with Crippen LogP contribution in [-0.4, -0.2) is 32.2 Å².